The van der Waals surface area contributed by atoms with Crippen LogP contribution < -0.4 is 25.4 Å². The van der Waals surface area contributed by atoms with Crippen molar-refractivity contribution in [2.24, 2.45) is 0 Å². The molecule has 1 fully saturated rings. The lowest BCUT2D eigenvalue weighted by molar-refractivity contribution is -0.123. The van der Waals surface area contributed by atoms with Gasteiger partial charge in [-0.3, -0.25) is 19.8 Å². The van der Waals surface area contributed by atoms with Gasteiger partial charge in [-0.25, -0.2) is 0 Å². The molecule has 2 aliphatic rings. The molecule has 0 aromatic heterocycles. The van der Waals surface area contributed by atoms with Crippen LogP contribution in [-0.4, -0.2) is 68.3 Å². The number of benzene rings is 1. The minimum Gasteiger partial charge on any atom is -0.454 e. The van der Waals surface area contributed by atoms with Gasteiger partial charge in [-0.1, -0.05) is 0 Å². The molecule has 0 saturated carbocycles. The number of amides is 1. The van der Waals surface area contributed by atoms with Crippen molar-refractivity contribution in [3.8, 4) is 11.5 Å². The highest BCUT2D eigenvalue weighted by Crippen LogP contribution is 2.32. The van der Waals surface area contributed by atoms with Crippen LogP contribution in [0, 0.1) is 0 Å². The molecule has 3 N–H and O–H groups in total. The predicted octanol–water partition coefficient (Wildman–Crippen LogP) is -0.0565. The van der Waals surface area contributed by atoms with Crippen molar-refractivity contribution in [3.63, 3.8) is 0 Å². The minimum atomic E-state index is -0.440. The second kappa shape index (κ2) is 8.48. The fourth-order valence-electron chi connectivity index (χ4n) is 3.15. The van der Waals surface area contributed by atoms with Crippen LogP contribution >= 0.6 is 0 Å². The second-order valence-electron chi connectivity index (χ2n) is 6.64. The first-order valence-corrected chi connectivity index (χ1v) is 8.95. The van der Waals surface area contributed by atoms with E-state index in [1.54, 1.807) is 25.1 Å². The van der Waals surface area contributed by atoms with Gasteiger partial charge in [-0.15, -0.1) is 0 Å². The number of Topliss-reactive ketones (excluding diaryl/α,β-unsaturated/α-hetero) is 1. The maximum atomic E-state index is 12.6. The summed E-state index contributed by atoms with van der Waals surface area (Å²) in [6.45, 7) is 7.72. The Labute approximate surface area is 153 Å². The molecule has 142 valence electrons. The first kappa shape index (κ1) is 18.6. The maximum absolute atomic E-state index is 12.6. The van der Waals surface area contributed by atoms with E-state index in [9.17, 15) is 9.59 Å². The van der Waals surface area contributed by atoms with Crippen molar-refractivity contribution in [3.05, 3.63) is 23.8 Å². The van der Waals surface area contributed by atoms with Crippen molar-refractivity contribution >= 4 is 11.7 Å². The zero-order valence-electron chi connectivity index (χ0n) is 15.2. The van der Waals surface area contributed by atoms with Crippen molar-refractivity contribution in [2.75, 3.05) is 39.5 Å². The number of hydrogen-bond acceptors (Lipinski definition) is 7. The van der Waals surface area contributed by atoms with Gasteiger partial charge in [-0.05, 0) is 32.0 Å². The Morgan fingerprint density at radius 2 is 1.92 bits per heavy atom. The molecule has 1 aromatic rings. The van der Waals surface area contributed by atoms with E-state index in [2.05, 4.69) is 20.9 Å². The van der Waals surface area contributed by atoms with E-state index in [0.717, 1.165) is 26.2 Å². The number of rotatable bonds is 7. The summed E-state index contributed by atoms with van der Waals surface area (Å²) in [6, 6.07) is 4.71. The zero-order valence-corrected chi connectivity index (χ0v) is 15.2. The van der Waals surface area contributed by atoms with Crippen LogP contribution in [-0.2, 0) is 4.79 Å². The standard InChI is InChI=1S/C18H26N4O4/c1-12(18(24)14-3-4-15-16(9-14)26-11-25-15)20-13(2)21-17(23)10-22-7-5-19-6-8-22/h3-4,9,12-13,19-20H,5-8,10-11H2,1-2H3,(H,21,23). The molecule has 0 radical (unpaired) electrons. The summed E-state index contributed by atoms with van der Waals surface area (Å²) in [7, 11) is 0. The van der Waals surface area contributed by atoms with Gasteiger partial charge in [0.2, 0.25) is 12.7 Å². The lowest BCUT2D eigenvalue weighted by Gasteiger charge is -2.27. The Bertz CT molecular complexity index is 661. The quantitative estimate of drug-likeness (QED) is 0.462. The number of ketones is 1. The first-order valence-electron chi connectivity index (χ1n) is 8.95. The summed E-state index contributed by atoms with van der Waals surface area (Å²) in [5.74, 6) is 1.12. The van der Waals surface area contributed by atoms with Crippen LogP contribution in [0.25, 0.3) is 0 Å². The highest BCUT2D eigenvalue weighted by Gasteiger charge is 2.22. The zero-order chi connectivity index (χ0) is 18.5. The van der Waals surface area contributed by atoms with Gasteiger partial charge < -0.3 is 20.1 Å². The van der Waals surface area contributed by atoms with Gasteiger partial charge in [-0.2, -0.15) is 0 Å². The minimum absolute atomic E-state index is 0.0466. The molecular weight excluding hydrogens is 336 g/mol. The van der Waals surface area contributed by atoms with Crippen molar-refractivity contribution in [1.82, 2.24) is 20.9 Å². The molecule has 1 amide bonds. The molecule has 1 aromatic carbocycles. The summed E-state index contributed by atoms with van der Waals surface area (Å²) in [5, 5.41) is 9.28. The molecule has 2 atom stereocenters. The highest BCUT2D eigenvalue weighted by atomic mass is 16.7. The molecule has 3 rings (SSSR count). The predicted molar refractivity (Wildman–Crippen MR) is 96.4 cm³/mol. The van der Waals surface area contributed by atoms with Gasteiger partial charge in [0, 0.05) is 31.7 Å². The van der Waals surface area contributed by atoms with Gasteiger partial charge in [0.05, 0.1) is 18.8 Å². The van der Waals surface area contributed by atoms with E-state index in [-0.39, 0.29) is 24.6 Å². The molecule has 8 nitrogen and oxygen atoms in total. The highest BCUT2D eigenvalue weighted by molar-refractivity contribution is 6.00. The Balaban J connectivity index is 1.47. The molecule has 8 heteroatoms. The number of nitrogens with zero attached hydrogens (tertiary/aromatic N) is 1. The van der Waals surface area contributed by atoms with Crippen LogP contribution in [0.2, 0.25) is 0 Å². The first-order chi connectivity index (χ1) is 12.5. The van der Waals surface area contributed by atoms with Crippen molar-refractivity contribution < 1.29 is 19.1 Å². The second-order valence-corrected chi connectivity index (χ2v) is 6.64. The van der Waals surface area contributed by atoms with E-state index < -0.39 is 6.04 Å². The Morgan fingerprint density at radius 1 is 1.19 bits per heavy atom. The molecule has 0 spiro atoms. The van der Waals surface area contributed by atoms with Gasteiger partial charge in [0.15, 0.2) is 17.3 Å². The van der Waals surface area contributed by atoms with Crippen LogP contribution in [0.3, 0.4) is 0 Å². The Hall–Kier alpha value is -2.16. The van der Waals surface area contributed by atoms with Crippen LogP contribution in [0.1, 0.15) is 24.2 Å². The number of hydrogen-bond donors (Lipinski definition) is 3. The van der Waals surface area contributed by atoms with Crippen molar-refractivity contribution in [2.45, 2.75) is 26.1 Å². The summed E-state index contributed by atoms with van der Waals surface area (Å²) < 4.78 is 10.6. The van der Waals surface area contributed by atoms with E-state index in [1.165, 1.54) is 0 Å². The molecule has 26 heavy (non-hydrogen) atoms. The van der Waals surface area contributed by atoms with Crippen LogP contribution in [0.15, 0.2) is 18.2 Å². The summed E-state index contributed by atoms with van der Waals surface area (Å²) >= 11 is 0. The third-order valence-electron chi connectivity index (χ3n) is 4.50. The SMILES string of the molecule is CC(NC(=O)CN1CCNCC1)NC(C)C(=O)c1ccc2c(c1)OCO2. The number of carbonyl (C=O) groups is 2. The molecule has 2 heterocycles. The summed E-state index contributed by atoms with van der Waals surface area (Å²) in [4.78, 5) is 26.8. The molecular formula is C18H26N4O4. The lowest BCUT2D eigenvalue weighted by atomic mass is 10.0. The largest absolute Gasteiger partial charge is 0.454 e. The molecule has 2 unspecified atom stereocenters. The van der Waals surface area contributed by atoms with Crippen LogP contribution in [0.5, 0.6) is 11.5 Å². The number of fused-ring (bicyclic) bond motifs is 1. The maximum Gasteiger partial charge on any atom is 0.235 e. The van der Waals surface area contributed by atoms with E-state index in [4.69, 9.17) is 9.47 Å². The Morgan fingerprint density at radius 3 is 2.69 bits per heavy atom. The smallest absolute Gasteiger partial charge is 0.235 e. The van der Waals surface area contributed by atoms with E-state index in [1.807, 2.05) is 6.92 Å². The summed E-state index contributed by atoms with van der Waals surface area (Å²) in [5.41, 5.74) is 0.550. The fourth-order valence-corrected chi connectivity index (χ4v) is 3.15. The number of ether oxygens (including phenoxy) is 2. The van der Waals surface area contributed by atoms with Gasteiger partial charge >= 0.3 is 0 Å². The lowest BCUT2D eigenvalue weighted by Crippen LogP contribution is -2.53. The van der Waals surface area contributed by atoms with Gasteiger partial charge in [0.1, 0.15) is 0 Å². The molecule has 2 aliphatic heterocycles. The fraction of sp³-hybridized carbons (Fsp3) is 0.556. The van der Waals surface area contributed by atoms with E-state index >= 15 is 0 Å². The average Bonchev–Trinajstić information content (AvgIpc) is 3.09. The molecule has 1 saturated heterocycles. The average molecular weight is 362 g/mol. The van der Waals surface area contributed by atoms with Gasteiger partial charge in [0.25, 0.3) is 0 Å². The topological polar surface area (TPSA) is 91.9 Å². The number of piperazine rings is 1. The van der Waals surface area contributed by atoms with E-state index in [0.29, 0.717) is 23.6 Å². The van der Waals surface area contributed by atoms with Crippen LogP contribution in [0.4, 0.5) is 0 Å². The number of carbonyl (C=O) groups excluding carboxylic acids is 2. The third kappa shape index (κ3) is 4.72. The molecule has 0 aliphatic carbocycles. The third-order valence-corrected chi connectivity index (χ3v) is 4.50. The monoisotopic (exact) mass is 362 g/mol. The summed E-state index contributed by atoms with van der Waals surface area (Å²) in [6.07, 6.45) is -0.307. The Kier molecular flexibility index (Phi) is 6.08. The van der Waals surface area contributed by atoms with Crippen molar-refractivity contribution in [1.29, 1.82) is 0 Å². The normalized spacial score (nSPS) is 19.0. The molecule has 0 bridgehead atoms. The number of nitrogens with one attached hydrogen (secondary N) is 3.